The first kappa shape index (κ1) is 12.3. The molecule has 3 rings (SSSR count). The number of anilines is 1. The van der Waals surface area contributed by atoms with Gasteiger partial charge in [-0.2, -0.15) is 0 Å². The van der Waals surface area contributed by atoms with Gasteiger partial charge in [0.2, 0.25) is 0 Å². The summed E-state index contributed by atoms with van der Waals surface area (Å²) in [6.45, 7) is 1.88. The molecule has 0 radical (unpaired) electrons. The van der Waals surface area contributed by atoms with Crippen molar-refractivity contribution < 1.29 is 0 Å². The molecule has 0 heterocycles. The van der Waals surface area contributed by atoms with Crippen LogP contribution < -0.4 is 10.6 Å². The van der Waals surface area contributed by atoms with E-state index < -0.39 is 0 Å². The largest absolute Gasteiger partial charge is 0.367 e. The maximum atomic E-state index is 6.45. The fourth-order valence-corrected chi connectivity index (χ4v) is 2.93. The molecule has 18 heavy (non-hydrogen) atoms. The summed E-state index contributed by atoms with van der Waals surface area (Å²) in [4.78, 5) is 2.56. The number of nitrogens with two attached hydrogens (primary N) is 1. The third kappa shape index (κ3) is 2.65. The highest BCUT2D eigenvalue weighted by atomic mass is 35.5. The average molecular weight is 265 g/mol. The molecule has 1 aromatic rings. The Bertz CT molecular complexity index is 425. The van der Waals surface area contributed by atoms with Crippen LogP contribution in [-0.2, 0) is 6.42 Å². The minimum absolute atomic E-state index is 0.690. The molecule has 2 saturated carbocycles. The topological polar surface area (TPSA) is 29.3 Å². The molecule has 3 heteroatoms. The zero-order valence-corrected chi connectivity index (χ0v) is 11.5. The van der Waals surface area contributed by atoms with Gasteiger partial charge < -0.3 is 10.6 Å². The van der Waals surface area contributed by atoms with Crippen LogP contribution in [0.25, 0.3) is 0 Å². The molecule has 2 aliphatic rings. The molecule has 0 aliphatic heterocycles. The zero-order chi connectivity index (χ0) is 12.5. The van der Waals surface area contributed by atoms with Gasteiger partial charge in [0.05, 0.1) is 10.7 Å². The van der Waals surface area contributed by atoms with E-state index in [1.165, 1.54) is 43.5 Å². The van der Waals surface area contributed by atoms with Gasteiger partial charge in [-0.25, -0.2) is 0 Å². The quantitative estimate of drug-likeness (QED) is 0.855. The predicted molar refractivity (Wildman–Crippen MR) is 77.3 cm³/mol. The molecule has 1 aromatic carbocycles. The van der Waals surface area contributed by atoms with Crippen molar-refractivity contribution >= 4 is 17.3 Å². The van der Waals surface area contributed by atoms with E-state index in [-0.39, 0.29) is 0 Å². The van der Waals surface area contributed by atoms with Crippen molar-refractivity contribution in [1.29, 1.82) is 0 Å². The molecule has 0 saturated heterocycles. The second-order valence-corrected chi connectivity index (χ2v) is 6.02. The van der Waals surface area contributed by atoms with Gasteiger partial charge in [-0.3, -0.25) is 0 Å². The smallest absolute Gasteiger partial charge is 0.0642 e. The van der Waals surface area contributed by atoms with E-state index in [0.717, 1.165) is 23.4 Å². The summed E-state index contributed by atoms with van der Waals surface area (Å²) >= 11 is 6.45. The van der Waals surface area contributed by atoms with E-state index in [4.69, 9.17) is 17.3 Å². The Hall–Kier alpha value is -0.730. The predicted octanol–water partition coefficient (Wildman–Crippen LogP) is 3.22. The van der Waals surface area contributed by atoms with Crippen LogP contribution >= 0.6 is 11.6 Å². The fourth-order valence-electron chi connectivity index (χ4n) is 2.63. The van der Waals surface area contributed by atoms with Crippen LogP contribution in [0.1, 0.15) is 31.2 Å². The van der Waals surface area contributed by atoms with E-state index >= 15 is 0 Å². The van der Waals surface area contributed by atoms with Crippen LogP contribution in [0.3, 0.4) is 0 Å². The van der Waals surface area contributed by atoms with Crippen LogP contribution in [-0.4, -0.2) is 19.1 Å². The second kappa shape index (κ2) is 5.10. The van der Waals surface area contributed by atoms with Crippen LogP contribution in [0.2, 0.25) is 5.02 Å². The van der Waals surface area contributed by atoms with Crippen LogP contribution in [0.5, 0.6) is 0 Å². The van der Waals surface area contributed by atoms with Crippen molar-refractivity contribution in [2.45, 2.75) is 38.1 Å². The number of hydrogen-bond acceptors (Lipinski definition) is 2. The molecule has 2 aliphatic carbocycles. The molecule has 2 fully saturated rings. The number of hydrogen-bond donors (Lipinski definition) is 1. The van der Waals surface area contributed by atoms with Crippen LogP contribution in [0.4, 0.5) is 5.69 Å². The summed E-state index contributed by atoms with van der Waals surface area (Å²) in [6, 6.07) is 6.95. The maximum absolute atomic E-state index is 6.45. The molecular formula is C15H21ClN2. The van der Waals surface area contributed by atoms with Crippen LogP contribution in [0, 0.1) is 5.92 Å². The first-order valence-electron chi connectivity index (χ1n) is 7.03. The number of rotatable bonds is 6. The average Bonchev–Trinajstić information content (AvgIpc) is 3.22. The Kier molecular flexibility index (Phi) is 3.49. The van der Waals surface area contributed by atoms with Crippen molar-refractivity contribution in [2.24, 2.45) is 11.7 Å². The van der Waals surface area contributed by atoms with Gasteiger partial charge in [0, 0.05) is 12.6 Å². The Labute approximate surface area is 114 Å². The monoisotopic (exact) mass is 264 g/mol. The number of halogens is 1. The Morgan fingerprint density at radius 3 is 2.61 bits per heavy atom. The molecular weight excluding hydrogens is 244 g/mol. The van der Waals surface area contributed by atoms with E-state index in [0.29, 0.717) is 6.54 Å². The second-order valence-electron chi connectivity index (χ2n) is 5.61. The normalized spacial score (nSPS) is 19.0. The first-order valence-corrected chi connectivity index (χ1v) is 7.41. The first-order chi connectivity index (χ1) is 8.79. The summed E-state index contributed by atoms with van der Waals surface area (Å²) in [6.07, 6.45) is 6.34. The van der Waals surface area contributed by atoms with E-state index in [1.54, 1.807) is 0 Å². The van der Waals surface area contributed by atoms with Crippen molar-refractivity contribution in [3.63, 3.8) is 0 Å². The lowest BCUT2D eigenvalue weighted by molar-refractivity contribution is 0.714. The zero-order valence-electron chi connectivity index (χ0n) is 10.7. The fraction of sp³-hybridized carbons (Fsp3) is 0.600. The lowest BCUT2D eigenvalue weighted by Crippen LogP contribution is -2.29. The molecule has 98 valence electrons. The third-order valence-corrected chi connectivity index (χ3v) is 4.22. The molecule has 0 aromatic heterocycles. The van der Waals surface area contributed by atoms with Crippen molar-refractivity contribution in [2.75, 3.05) is 18.0 Å². The minimum atomic E-state index is 0.690. The van der Waals surface area contributed by atoms with Crippen molar-refractivity contribution in [1.82, 2.24) is 0 Å². The Balaban J connectivity index is 1.90. The van der Waals surface area contributed by atoms with Gasteiger partial charge in [-0.15, -0.1) is 0 Å². The van der Waals surface area contributed by atoms with Crippen LogP contribution in [0.15, 0.2) is 18.2 Å². The van der Waals surface area contributed by atoms with Gasteiger partial charge in [-0.1, -0.05) is 23.7 Å². The standard InChI is InChI=1S/C15H21ClN2/c16-14-3-1-2-12(8-9-17)15(14)18(13-6-7-13)10-11-4-5-11/h1-3,11,13H,4-10,17H2. The van der Waals surface area contributed by atoms with Gasteiger partial charge in [0.1, 0.15) is 0 Å². The summed E-state index contributed by atoms with van der Waals surface area (Å²) in [5.74, 6) is 0.896. The molecule has 0 atom stereocenters. The lowest BCUT2D eigenvalue weighted by Gasteiger charge is -2.28. The Morgan fingerprint density at radius 1 is 1.22 bits per heavy atom. The van der Waals surface area contributed by atoms with E-state index in [9.17, 15) is 0 Å². The molecule has 0 unspecified atom stereocenters. The molecule has 2 N–H and O–H groups in total. The van der Waals surface area contributed by atoms with Crippen molar-refractivity contribution in [3.8, 4) is 0 Å². The highest BCUT2D eigenvalue weighted by Gasteiger charge is 2.35. The highest BCUT2D eigenvalue weighted by molar-refractivity contribution is 6.33. The number of benzene rings is 1. The highest BCUT2D eigenvalue weighted by Crippen LogP contribution is 2.41. The molecule has 0 bridgehead atoms. The Morgan fingerprint density at radius 2 is 2.00 bits per heavy atom. The van der Waals surface area contributed by atoms with E-state index in [1.807, 2.05) is 12.1 Å². The summed E-state index contributed by atoms with van der Waals surface area (Å²) in [7, 11) is 0. The van der Waals surface area contributed by atoms with E-state index in [2.05, 4.69) is 11.0 Å². The minimum Gasteiger partial charge on any atom is -0.367 e. The summed E-state index contributed by atoms with van der Waals surface area (Å²) in [5.41, 5.74) is 8.30. The maximum Gasteiger partial charge on any atom is 0.0642 e. The third-order valence-electron chi connectivity index (χ3n) is 3.91. The summed E-state index contributed by atoms with van der Waals surface area (Å²) < 4.78 is 0. The number of nitrogens with zero attached hydrogens (tertiary/aromatic N) is 1. The van der Waals surface area contributed by atoms with Crippen molar-refractivity contribution in [3.05, 3.63) is 28.8 Å². The lowest BCUT2D eigenvalue weighted by atomic mass is 10.1. The summed E-state index contributed by atoms with van der Waals surface area (Å²) in [5, 5.41) is 0.897. The van der Waals surface area contributed by atoms with Gasteiger partial charge in [-0.05, 0) is 56.2 Å². The molecule has 2 nitrogen and oxygen atoms in total. The molecule has 0 spiro atoms. The van der Waals surface area contributed by atoms with Gasteiger partial charge >= 0.3 is 0 Å². The number of para-hydroxylation sites is 1. The van der Waals surface area contributed by atoms with Gasteiger partial charge in [0.15, 0.2) is 0 Å². The SMILES string of the molecule is NCCc1cccc(Cl)c1N(CC1CC1)C1CC1. The molecule has 0 amide bonds. The van der Waals surface area contributed by atoms with Gasteiger partial charge in [0.25, 0.3) is 0 Å².